The van der Waals surface area contributed by atoms with Crippen molar-refractivity contribution in [1.29, 1.82) is 0 Å². The van der Waals surface area contributed by atoms with Gasteiger partial charge in [0.25, 0.3) is 0 Å². The summed E-state index contributed by atoms with van der Waals surface area (Å²) < 4.78 is 0. The van der Waals surface area contributed by atoms with Crippen LogP contribution < -0.4 is 11.0 Å². The quantitative estimate of drug-likeness (QED) is 0.709. The van der Waals surface area contributed by atoms with Gasteiger partial charge in [-0.25, -0.2) is 19.9 Å². The summed E-state index contributed by atoms with van der Waals surface area (Å²) in [7, 11) is 0. The molecule has 7 heteroatoms. The van der Waals surface area contributed by atoms with Gasteiger partial charge in [0.15, 0.2) is 0 Å². The van der Waals surface area contributed by atoms with Gasteiger partial charge >= 0.3 is 5.69 Å². The first kappa shape index (κ1) is 11.3. The van der Waals surface area contributed by atoms with Gasteiger partial charge in [-0.05, 0) is 13.3 Å². The zero-order chi connectivity index (χ0) is 12.3. The third-order valence-corrected chi connectivity index (χ3v) is 2.24. The molecule has 0 aromatic carbocycles. The zero-order valence-electron chi connectivity index (χ0n) is 9.74. The molecule has 7 nitrogen and oxygen atoms in total. The normalized spacial score (nSPS) is 10.5. The molecule has 2 heterocycles. The number of rotatable bonds is 4. The molecule has 0 bridgehead atoms. The molecule has 0 atom stereocenters. The highest BCUT2D eigenvalue weighted by Gasteiger charge is 2.02. The molecule has 0 fully saturated rings. The molecular formula is C10H14N6O. The van der Waals surface area contributed by atoms with E-state index in [1.165, 1.54) is 0 Å². The van der Waals surface area contributed by atoms with Crippen LogP contribution in [0.1, 0.15) is 24.3 Å². The van der Waals surface area contributed by atoms with E-state index in [-0.39, 0.29) is 5.69 Å². The van der Waals surface area contributed by atoms with E-state index in [1.807, 2.05) is 19.9 Å². The molecule has 2 rings (SSSR count). The summed E-state index contributed by atoms with van der Waals surface area (Å²) in [4.78, 5) is 21.9. The highest BCUT2D eigenvalue weighted by Crippen LogP contribution is 2.07. The maximum atomic E-state index is 10.8. The molecular weight excluding hydrogens is 220 g/mol. The standard InChI is InChI=1S/C10H14N6O/c1-3-7-4-8(13-6(2)12-7)11-5-9-14-10(17)16-15-9/h4H,3,5H2,1-2H3,(H,11,12,13)(H2,14,15,16,17). The van der Waals surface area contributed by atoms with Crippen molar-refractivity contribution in [1.82, 2.24) is 25.1 Å². The Kier molecular flexibility index (Phi) is 3.17. The largest absolute Gasteiger partial charge is 0.363 e. The van der Waals surface area contributed by atoms with Crippen LogP contribution in [0.3, 0.4) is 0 Å². The van der Waals surface area contributed by atoms with Crippen molar-refractivity contribution >= 4 is 5.82 Å². The molecule has 0 unspecified atom stereocenters. The molecule has 0 spiro atoms. The average molecular weight is 234 g/mol. The number of aryl methyl sites for hydroxylation is 2. The van der Waals surface area contributed by atoms with E-state index in [2.05, 4.69) is 30.5 Å². The van der Waals surface area contributed by atoms with E-state index in [9.17, 15) is 4.79 Å². The van der Waals surface area contributed by atoms with Crippen molar-refractivity contribution in [3.8, 4) is 0 Å². The molecule has 0 radical (unpaired) electrons. The number of aromatic amines is 2. The van der Waals surface area contributed by atoms with Crippen LogP contribution in [-0.4, -0.2) is 25.1 Å². The van der Waals surface area contributed by atoms with Crippen LogP contribution in [0.5, 0.6) is 0 Å². The highest BCUT2D eigenvalue weighted by molar-refractivity contribution is 5.36. The van der Waals surface area contributed by atoms with Crippen LogP contribution in [0.2, 0.25) is 0 Å². The Morgan fingerprint density at radius 2 is 2.24 bits per heavy atom. The lowest BCUT2D eigenvalue weighted by atomic mass is 10.3. The van der Waals surface area contributed by atoms with E-state index < -0.39 is 0 Å². The Balaban J connectivity index is 2.08. The minimum Gasteiger partial charge on any atom is -0.363 e. The average Bonchev–Trinajstić information content (AvgIpc) is 2.72. The van der Waals surface area contributed by atoms with Gasteiger partial charge in [0, 0.05) is 11.8 Å². The van der Waals surface area contributed by atoms with Gasteiger partial charge in [-0.1, -0.05) is 6.92 Å². The Morgan fingerprint density at radius 3 is 2.88 bits per heavy atom. The number of nitrogens with zero attached hydrogens (tertiary/aromatic N) is 3. The van der Waals surface area contributed by atoms with E-state index >= 15 is 0 Å². The van der Waals surface area contributed by atoms with Crippen LogP contribution in [0, 0.1) is 6.92 Å². The van der Waals surface area contributed by atoms with Crippen molar-refractivity contribution in [3.05, 3.63) is 33.9 Å². The van der Waals surface area contributed by atoms with Gasteiger partial charge in [0.05, 0.1) is 6.54 Å². The van der Waals surface area contributed by atoms with E-state index in [4.69, 9.17) is 0 Å². The second kappa shape index (κ2) is 4.77. The lowest BCUT2D eigenvalue weighted by molar-refractivity contribution is 0.916. The molecule has 2 aromatic heterocycles. The monoisotopic (exact) mass is 234 g/mol. The molecule has 17 heavy (non-hydrogen) atoms. The number of aromatic nitrogens is 5. The SMILES string of the molecule is CCc1cc(NCc2n[nH]c(=O)[nH]2)nc(C)n1. The van der Waals surface area contributed by atoms with Crippen molar-refractivity contribution in [2.75, 3.05) is 5.32 Å². The van der Waals surface area contributed by atoms with Gasteiger partial charge in [-0.15, -0.1) is 0 Å². The van der Waals surface area contributed by atoms with Crippen LogP contribution in [0.15, 0.2) is 10.9 Å². The Labute approximate surface area is 97.7 Å². The number of anilines is 1. The summed E-state index contributed by atoms with van der Waals surface area (Å²) >= 11 is 0. The van der Waals surface area contributed by atoms with Crippen molar-refractivity contribution in [3.63, 3.8) is 0 Å². The number of nitrogens with one attached hydrogen (secondary N) is 3. The maximum Gasteiger partial charge on any atom is 0.340 e. The second-order valence-corrected chi connectivity index (χ2v) is 3.62. The highest BCUT2D eigenvalue weighted by atomic mass is 16.1. The molecule has 0 amide bonds. The van der Waals surface area contributed by atoms with Crippen molar-refractivity contribution in [2.45, 2.75) is 26.8 Å². The van der Waals surface area contributed by atoms with Gasteiger partial charge < -0.3 is 5.32 Å². The first-order valence-electron chi connectivity index (χ1n) is 5.39. The summed E-state index contributed by atoms with van der Waals surface area (Å²) in [5.74, 6) is 2.00. The zero-order valence-corrected chi connectivity index (χ0v) is 9.74. The van der Waals surface area contributed by atoms with Crippen LogP contribution in [-0.2, 0) is 13.0 Å². The molecule has 0 saturated carbocycles. The molecule has 0 aliphatic rings. The van der Waals surface area contributed by atoms with Gasteiger partial charge in [0.2, 0.25) is 0 Å². The lowest BCUT2D eigenvalue weighted by Crippen LogP contribution is -2.07. The predicted octanol–water partition coefficient (Wildman–Crippen LogP) is 0.371. The smallest absolute Gasteiger partial charge is 0.340 e. The van der Waals surface area contributed by atoms with Crippen LogP contribution in [0.25, 0.3) is 0 Å². The van der Waals surface area contributed by atoms with Gasteiger partial charge in [-0.3, -0.25) is 4.98 Å². The number of hydrogen-bond donors (Lipinski definition) is 3. The Hall–Kier alpha value is -2.18. The van der Waals surface area contributed by atoms with Crippen LogP contribution in [0.4, 0.5) is 5.82 Å². The molecule has 0 aliphatic heterocycles. The maximum absolute atomic E-state index is 10.8. The van der Waals surface area contributed by atoms with E-state index in [1.54, 1.807) is 0 Å². The number of hydrogen-bond acceptors (Lipinski definition) is 5. The molecule has 2 aromatic rings. The van der Waals surface area contributed by atoms with E-state index in [0.29, 0.717) is 12.4 Å². The summed E-state index contributed by atoms with van der Waals surface area (Å²) in [5.41, 5.74) is 0.672. The second-order valence-electron chi connectivity index (χ2n) is 3.62. The summed E-state index contributed by atoms with van der Waals surface area (Å²) in [5, 5.41) is 9.19. The van der Waals surface area contributed by atoms with Gasteiger partial charge in [0.1, 0.15) is 17.5 Å². The van der Waals surface area contributed by atoms with Crippen LogP contribution >= 0.6 is 0 Å². The summed E-state index contributed by atoms with van der Waals surface area (Å²) in [6.45, 7) is 4.30. The Morgan fingerprint density at radius 1 is 1.41 bits per heavy atom. The minimum atomic E-state index is -0.310. The topological polar surface area (TPSA) is 99.3 Å². The first-order chi connectivity index (χ1) is 8.17. The predicted molar refractivity (Wildman–Crippen MR) is 62.7 cm³/mol. The molecule has 0 saturated heterocycles. The molecule has 90 valence electrons. The van der Waals surface area contributed by atoms with Crippen molar-refractivity contribution in [2.24, 2.45) is 0 Å². The Bertz CT molecular complexity index is 558. The van der Waals surface area contributed by atoms with E-state index in [0.717, 1.165) is 23.8 Å². The fourth-order valence-corrected chi connectivity index (χ4v) is 1.46. The fraction of sp³-hybridized carbons (Fsp3) is 0.400. The molecule has 3 N–H and O–H groups in total. The fourth-order valence-electron chi connectivity index (χ4n) is 1.46. The molecule has 0 aliphatic carbocycles. The minimum absolute atomic E-state index is 0.310. The third-order valence-electron chi connectivity index (χ3n) is 2.24. The number of H-pyrrole nitrogens is 2. The summed E-state index contributed by atoms with van der Waals surface area (Å²) in [6.07, 6.45) is 0.858. The lowest BCUT2D eigenvalue weighted by Gasteiger charge is -2.05. The van der Waals surface area contributed by atoms with Gasteiger partial charge in [-0.2, -0.15) is 5.10 Å². The summed E-state index contributed by atoms with van der Waals surface area (Å²) in [6, 6.07) is 1.89. The third kappa shape index (κ3) is 2.90. The first-order valence-corrected chi connectivity index (χ1v) is 5.39. The van der Waals surface area contributed by atoms with Crippen molar-refractivity contribution < 1.29 is 0 Å².